The van der Waals surface area contributed by atoms with Crippen LogP contribution >= 0.6 is 0 Å². The van der Waals surface area contributed by atoms with Gasteiger partial charge in [-0.3, -0.25) is 9.59 Å². The summed E-state index contributed by atoms with van der Waals surface area (Å²) in [5.41, 5.74) is 4.13. The van der Waals surface area contributed by atoms with Gasteiger partial charge < -0.3 is 24.0 Å². The number of piperidine rings is 1. The smallest absolute Gasteiger partial charge is 0.359 e. The summed E-state index contributed by atoms with van der Waals surface area (Å²) >= 11 is 0. The zero-order valence-electron chi connectivity index (χ0n) is 25.5. The predicted octanol–water partition coefficient (Wildman–Crippen LogP) is 5.36. The van der Waals surface area contributed by atoms with Gasteiger partial charge in [-0.25, -0.2) is 9.48 Å². The highest BCUT2D eigenvalue weighted by Crippen LogP contribution is 2.31. The van der Waals surface area contributed by atoms with Crippen LogP contribution in [0.15, 0.2) is 78.9 Å². The second-order valence-electron chi connectivity index (χ2n) is 11.2. The largest absolute Gasteiger partial charge is 0.497 e. The van der Waals surface area contributed by atoms with E-state index in [-0.39, 0.29) is 30.2 Å². The lowest BCUT2D eigenvalue weighted by Gasteiger charge is -2.29. The van der Waals surface area contributed by atoms with Gasteiger partial charge in [-0.05, 0) is 80.3 Å². The van der Waals surface area contributed by atoms with Gasteiger partial charge in [-0.1, -0.05) is 30.3 Å². The van der Waals surface area contributed by atoms with Crippen molar-refractivity contribution in [3.63, 3.8) is 0 Å². The van der Waals surface area contributed by atoms with E-state index in [1.54, 1.807) is 41.2 Å². The molecule has 0 bridgehead atoms. The third-order valence-electron chi connectivity index (χ3n) is 8.15. The lowest BCUT2D eigenvalue weighted by molar-refractivity contribution is -0.119. The Bertz CT molecular complexity index is 1670. The molecular formula is C35H36N4O6. The molecule has 2 aliphatic heterocycles. The first-order chi connectivity index (χ1) is 21.9. The molecule has 0 spiro atoms. The second-order valence-corrected chi connectivity index (χ2v) is 11.2. The monoisotopic (exact) mass is 608 g/mol. The van der Waals surface area contributed by atoms with E-state index >= 15 is 0 Å². The predicted molar refractivity (Wildman–Crippen MR) is 169 cm³/mol. The van der Waals surface area contributed by atoms with Crippen LogP contribution in [0, 0.1) is 0 Å². The van der Waals surface area contributed by atoms with Crippen LogP contribution in [0.2, 0.25) is 0 Å². The molecule has 10 nitrogen and oxygen atoms in total. The van der Waals surface area contributed by atoms with Crippen LogP contribution in [0.3, 0.4) is 0 Å². The summed E-state index contributed by atoms with van der Waals surface area (Å²) in [6.45, 7) is 3.35. The zero-order chi connectivity index (χ0) is 31.3. The summed E-state index contributed by atoms with van der Waals surface area (Å²) in [5.74, 6) is -0.109. The zero-order valence-corrected chi connectivity index (χ0v) is 25.5. The quantitative estimate of drug-likeness (QED) is 0.223. The van der Waals surface area contributed by atoms with Crippen molar-refractivity contribution >= 4 is 29.2 Å². The second kappa shape index (κ2) is 13.4. The van der Waals surface area contributed by atoms with Gasteiger partial charge in [-0.15, -0.1) is 0 Å². The first-order valence-electron chi connectivity index (χ1n) is 15.2. The normalized spacial score (nSPS) is 15.5. The summed E-state index contributed by atoms with van der Waals surface area (Å²) in [5, 5.41) is 4.62. The summed E-state index contributed by atoms with van der Waals surface area (Å²) < 4.78 is 18.3. The minimum absolute atomic E-state index is 0.0434. The Hall–Kier alpha value is -4.96. The van der Waals surface area contributed by atoms with Crippen LogP contribution < -0.4 is 14.5 Å². The summed E-state index contributed by atoms with van der Waals surface area (Å²) in [4.78, 5) is 43.4. The maximum absolute atomic E-state index is 14.1. The third-order valence-corrected chi connectivity index (χ3v) is 8.15. The molecule has 1 fully saturated rings. The molecule has 10 heteroatoms. The molecule has 0 N–H and O–H groups in total. The Morgan fingerprint density at radius 2 is 1.53 bits per heavy atom. The maximum Gasteiger partial charge on any atom is 0.359 e. The highest BCUT2D eigenvalue weighted by molar-refractivity contribution is 6.09. The number of ether oxygens (including phenoxy) is 3. The van der Waals surface area contributed by atoms with Crippen LogP contribution in [-0.4, -0.2) is 60.5 Å². The molecule has 3 heterocycles. The van der Waals surface area contributed by atoms with E-state index in [4.69, 9.17) is 14.2 Å². The maximum atomic E-state index is 14.1. The van der Waals surface area contributed by atoms with Crippen molar-refractivity contribution in [1.82, 2.24) is 9.78 Å². The van der Waals surface area contributed by atoms with E-state index in [1.165, 1.54) is 4.68 Å². The molecule has 1 unspecified atom stereocenters. The van der Waals surface area contributed by atoms with Crippen LogP contribution in [0.1, 0.15) is 58.3 Å². The summed E-state index contributed by atoms with van der Waals surface area (Å²) in [7, 11) is 1.58. The molecule has 0 saturated carbocycles. The van der Waals surface area contributed by atoms with E-state index in [2.05, 4.69) is 5.10 Å². The number of nitrogens with zero attached hydrogens (tertiary/aromatic N) is 4. The molecule has 232 valence electrons. The van der Waals surface area contributed by atoms with Gasteiger partial charge in [0.05, 0.1) is 25.5 Å². The number of anilines is 2. The molecule has 45 heavy (non-hydrogen) atoms. The third kappa shape index (κ3) is 6.46. The first kappa shape index (κ1) is 30.1. The van der Waals surface area contributed by atoms with Crippen LogP contribution in [0.5, 0.6) is 5.75 Å². The highest BCUT2D eigenvalue weighted by atomic mass is 16.6. The Kier molecular flexibility index (Phi) is 8.93. The molecule has 1 aromatic heterocycles. The lowest BCUT2D eigenvalue weighted by Crippen LogP contribution is -2.39. The first-order valence-corrected chi connectivity index (χ1v) is 15.2. The Labute approximate surface area is 262 Å². The van der Waals surface area contributed by atoms with E-state index < -0.39 is 5.97 Å². The van der Waals surface area contributed by atoms with Crippen molar-refractivity contribution in [2.45, 2.75) is 45.3 Å². The van der Waals surface area contributed by atoms with Gasteiger partial charge in [-0.2, -0.15) is 5.10 Å². The van der Waals surface area contributed by atoms with Gasteiger partial charge in [0.2, 0.25) is 5.91 Å². The van der Waals surface area contributed by atoms with Gasteiger partial charge >= 0.3 is 5.97 Å². The number of benzene rings is 3. The van der Waals surface area contributed by atoms with Crippen LogP contribution in [0.4, 0.5) is 11.4 Å². The van der Waals surface area contributed by atoms with Gasteiger partial charge in [0.25, 0.3) is 5.91 Å². The number of hydrogen-bond acceptors (Lipinski definition) is 7. The number of amides is 2. The molecule has 4 aromatic rings. The molecule has 0 aliphatic carbocycles. The fourth-order valence-corrected chi connectivity index (χ4v) is 5.69. The molecule has 0 radical (unpaired) electrons. The van der Waals surface area contributed by atoms with Crippen molar-refractivity contribution in [3.05, 3.63) is 101 Å². The lowest BCUT2D eigenvalue weighted by atomic mass is 10.0. The average molecular weight is 609 g/mol. The Morgan fingerprint density at radius 1 is 0.844 bits per heavy atom. The fraction of sp³-hybridized carbons (Fsp3) is 0.314. The molecule has 2 aliphatic rings. The number of methoxy groups -OCH3 is 1. The van der Waals surface area contributed by atoms with E-state index in [0.29, 0.717) is 60.9 Å². The summed E-state index contributed by atoms with van der Waals surface area (Å²) in [6.07, 6.45) is 2.51. The van der Waals surface area contributed by atoms with Crippen molar-refractivity contribution in [2.24, 2.45) is 0 Å². The van der Waals surface area contributed by atoms with Gasteiger partial charge in [0, 0.05) is 36.4 Å². The number of fused-ring (bicyclic) bond motifs is 1. The minimum Gasteiger partial charge on any atom is -0.497 e. The number of carbonyl (C=O) groups excluding carboxylic acids is 3. The Balaban J connectivity index is 1.24. The molecule has 6 rings (SSSR count). The van der Waals surface area contributed by atoms with Crippen LogP contribution in [-0.2, 0) is 27.3 Å². The van der Waals surface area contributed by atoms with Crippen LogP contribution in [0.25, 0.3) is 5.69 Å². The molecule has 2 amide bonds. The molecule has 1 atom stereocenters. The van der Waals surface area contributed by atoms with Crippen molar-refractivity contribution in [3.8, 4) is 11.4 Å². The van der Waals surface area contributed by atoms with Gasteiger partial charge in [0.1, 0.15) is 18.1 Å². The molecule has 1 saturated heterocycles. The minimum atomic E-state index is -0.606. The van der Waals surface area contributed by atoms with E-state index in [1.807, 2.05) is 61.5 Å². The number of rotatable bonds is 10. The topological polar surface area (TPSA) is 103 Å². The summed E-state index contributed by atoms with van der Waals surface area (Å²) in [6, 6.07) is 24.4. The number of aromatic nitrogens is 2. The number of hydrogen-bond donors (Lipinski definition) is 0. The van der Waals surface area contributed by atoms with Crippen molar-refractivity contribution < 1.29 is 28.6 Å². The average Bonchev–Trinajstić information content (AvgIpc) is 3.48. The fourth-order valence-electron chi connectivity index (χ4n) is 5.69. The SMILES string of the molecule is COc1ccc(-n2nc(C(=O)OCC(C)OCc3ccccc3)c3c2C(=O)N(c2ccc(N4CCCCC4=O)cc2)CC3)cc1. The van der Waals surface area contributed by atoms with Crippen molar-refractivity contribution in [1.29, 1.82) is 0 Å². The standard InChI is InChI=1S/C35H36N4O6/c1-24(44-23-25-8-4-3-5-9-25)22-45-35(42)32-30-19-21-38(27-13-11-26(12-14-27)37-20-7-6-10-31(37)40)34(41)33(30)39(36-32)28-15-17-29(43-2)18-16-28/h3-5,8-9,11-18,24H,6-7,10,19-23H2,1-2H3. The molecular weight excluding hydrogens is 572 g/mol. The van der Waals surface area contributed by atoms with E-state index in [9.17, 15) is 14.4 Å². The van der Waals surface area contributed by atoms with E-state index in [0.717, 1.165) is 24.1 Å². The highest BCUT2D eigenvalue weighted by Gasteiger charge is 2.36. The van der Waals surface area contributed by atoms with Gasteiger partial charge in [0.15, 0.2) is 5.69 Å². The molecule has 3 aromatic carbocycles. The van der Waals surface area contributed by atoms with Crippen molar-refractivity contribution in [2.75, 3.05) is 36.6 Å². The number of esters is 1. The Morgan fingerprint density at radius 3 is 2.22 bits per heavy atom. The number of carbonyl (C=O) groups is 3.